The van der Waals surface area contributed by atoms with E-state index in [9.17, 15) is 18.0 Å². The number of amides is 1. The molecule has 29 heavy (non-hydrogen) atoms. The number of aromatic nitrogens is 5. The minimum Gasteiger partial charge on any atom is -0.475 e. The highest BCUT2D eigenvalue weighted by molar-refractivity contribution is 6.01. The number of carbonyl (C=O) groups excluding carboxylic acids is 1. The number of pyridine rings is 1. The monoisotopic (exact) mass is 408 g/mol. The van der Waals surface area contributed by atoms with Crippen LogP contribution < -0.4 is 10.1 Å². The first-order chi connectivity index (χ1) is 13.9. The molecule has 1 N–H and O–H groups in total. The lowest BCUT2D eigenvalue weighted by molar-refractivity contribution is -0.141. The van der Waals surface area contributed by atoms with Crippen molar-refractivity contribution in [2.24, 2.45) is 0 Å². The maximum absolute atomic E-state index is 12.6. The average molecular weight is 408 g/mol. The molecule has 3 heterocycles. The largest absolute Gasteiger partial charge is 0.475 e. The summed E-state index contributed by atoms with van der Waals surface area (Å²) in [6.07, 6.45) is 0.947. The lowest BCUT2D eigenvalue weighted by Crippen LogP contribution is -2.18. The first-order valence-electron chi connectivity index (χ1n) is 8.20. The predicted molar refractivity (Wildman–Crippen MR) is 93.7 cm³/mol. The van der Waals surface area contributed by atoms with E-state index in [1.54, 1.807) is 10.8 Å². The number of nitrogens with one attached hydrogen (secondary N) is 1. The molecule has 9 nitrogen and oxygen atoms in total. The number of halogens is 3. The van der Waals surface area contributed by atoms with Gasteiger partial charge in [-0.15, -0.1) is 0 Å². The molecule has 0 aliphatic rings. The molecule has 3 aromatic rings. The highest BCUT2D eigenvalue weighted by Crippen LogP contribution is 2.27. The molecule has 0 aliphatic heterocycles. The Morgan fingerprint density at radius 3 is 2.69 bits per heavy atom. The van der Waals surface area contributed by atoms with Gasteiger partial charge in [0.05, 0.1) is 18.5 Å². The van der Waals surface area contributed by atoms with Gasteiger partial charge in [-0.05, 0) is 12.1 Å². The van der Waals surface area contributed by atoms with Crippen molar-refractivity contribution in [3.63, 3.8) is 0 Å². The summed E-state index contributed by atoms with van der Waals surface area (Å²) in [6, 6.07) is 3.36. The number of alkyl halides is 3. The summed E-state index contributed by atoms with van der Waals surface area (Å²) in [4.78, 5) is 27.9. The van der Waals surface area contributed by atoms with E-state index in [-0.39, 0.29) is 24.0 Å². The number of anilines is 1. The lowest BCUT2D eigenvalue weighted by atomic mass is 10.3. The van der Waals surface area contributed by atoms with Crippen LogP contribution in [-0.4, -0.2) is 50.7 Å². The summed E-state index contributed by atoms with van der Waals surface area (Å²) in [5.74, 6) is -0.550. The van der Waals surface area contributed by atoms with Crippen molar-refractivity contribution < 1.29 is 27.4 Å². The molecule has 3 aromatic heterocycles. The van der Waals surface area contributed by atoms with Crippen LogP contribution in [0.25, 0.3) is 5.82 Å². The number of carbonyl (C=O) groups is 1. The van der Waals surface area contributed by atoms with E-state index >= 15 is 0 Å². The Kier molecular flexibility index (Phi) is 6.02. The van der Waals surface area contributed by atoms with Crippen LogP contribution in [0.5, 0.6) is 5.88 Å². The van der Waals surface area contributed by atoms with Gasteiger partial charge in [0.15, 0.2) is 0 Å². The van der Waals surface area contributed by atoms with Gasteiger partial charge in [0.1, 0.15) is 24.4 Å². The number of methoxy groups -OCH3 is 1. The molecule has 0 saturated carbocycles. The van der Waals surface area contributed by atoms with Gasteiger partial charge in [0.2, 0.25) is 11.7 Å². The number of nitrogens with zero attached hydrogens (tertiary/aromatic N) is 5. The molecule has 0 radical (unpaired) electrons. The molecule has 0 unspecified atom stereocenters. The van der Waals surface area contributed by atoms with E-state index < -0.39 is 17.8 Å². The summed E-state index contributed by atoms with van der Waals surface area (Å²) in [6.45, 7) is 0.504. The molecule has 0 aromatic carbocycles. The average Bonchev–Trinajstić information content (AvgIpc) is 3.22. The molecule has 3 rings (SSSR count). The lowest BCUT2D eigenvalue weighted by Gasteiger charge is -2.10. The van der Waals surface area contributed by atoms with Crippen LogP contribution in [0.1, 0.15) is 16.3 Å². The second-order valence-electron chi connectivity index (χ2n) is 5.58. The van der Waals surface area contributed by atoms with Crippen molar-refractivity contribution in [2.75, 3.05) is 25.6 Å². The minimum atomic E-state index is -4.57. The Morgan fingerprint density at radius 1 is 1.24 bits per heavy atom. The Balaban J connectivity index is 1.83. The van der Waals surface area contributed by atoms with Gasteiger partial charge in [-0.25, -0.2) is 15.0 Å². The molecule has 0 atom stereocenters. The zero-order valence-corrected chi connectivity index (χ0v) is 15.1. The summed E-state index contributed by atoms with van der Waals surface area (Å²) in [5.41, 5.74) is -1.01. The van der Waals surface area contributed by atoms with E-state index in [2.05, 4.69) is 25.3 Å². The van der Waals surface area contributed by atoms with Crippen LogP contribution in [0.3, 0.4) is 0 Å². The van der Waals surface area contributed by atoms with Crippen molar-refractivity contribution in [3.8, 4) is 11.7 Å². The summed E-state index contributed by atoms with van der Waals surface area (Å²) >= 11 is 0. The van der Waals surface area contributed by atoms with E-state index in [1.807, 2.05) is 0 Å². The first-order valence-corrected chi connectivity index (χ1v) is 8.20. The SMILES string of the molecule is COCCOc1cc(-n2ccnc2)nc(C(=O)Nc2ccc(C(F)(F)F)nc2)n1. The molecular formula is C17H15F3N6O3. The molecule has 0 spiro atoms. The zero-order valence-electron chi connectivity index (χ0n) is 15.1. The number of imidazole rings is 1. The maximum atomic E-state index is 12.6. The summed E-state index contributed by atoms with van der Waals surface area (Å²) in [5, 5.41) is 2.40. The van der Waals surface area contributed by atoms with Crippen LogP contribution in [0, 0.1) is 0 Å². The maximum Gasteiger partial charge on any atom is 0.433 e. The first kappa shape index (κ1) is 20.2. The standard InChI is InChI=1S/C17H15F3N6O3/c1-28-6-7-29-14-8-13(26-5-4-21-10-26)24-15(25-14)16(27)23-11-2-3-12(22-9-11)17(18,19)20/h2-5,8-10H,6-7H2,1H3,(H,23,27). The quantitative estimate of drug-likeness (QED) is 0.599. The van der Waals surface area contributed by atoms with Gasteiger partial charge in [0.25, 0.3) is 5.91 Å². The summed E-state index contributed by atoms with van der Waals surface area (Å²) in [7, 11) is 1.51. The highest BCUT2D eigenvalue weighted by atomic mass is 19.4. The molecule has 0 bridgehead atoms. The molecule has 152 valence electrons. The molecule has 0 fully saturated rings. The van der Waals surface area contributed by atoms with E-state index in [4.69, 9.17) is 9.47 Å². The van der Waals surface area contributed by atoms with E-state index in [1.165, 1.54) is 25.7 Å². The van der Waals surface area contributed by atoms with E-state index in [0.717, 1.165) is 18.3 Å². The third kappa shape index (κ3) is 5.25. The number of rotatable bonds is 7. The smallest absolute Gasteiger partial charge is 0.433 e. The van der Waals surface area contributed by atoms with Gasteiger partial charge in [0, 0.05) is 25.6 Å². The normalized spacial score (nSPS) is 11.3. The summed E-state index contributed by atoms with van der Waals surface area (Å²) < 4.78 is 49.7. The van der Waals surface area contributed by atoms with Gasteiger partial charge in [-0.1, -0.05) is 0 Å². The topological polar surface area (TPSA) is 104 Å². The molecule has 0 saturated heterocycles. The second-order valence-corrected chi connectivity index (χ2v) is 5.58. The Morgan fingerprint density at radius 2 is 2.07 bits per heavy atom. The minimum absolute atomic E-state index is 0.0569. The molecule has 1 amide bonds. The number of hydrogen-bond acceptors (Lipinski definition) is 7. The van der Waals surface area contributed by atoms with Crippen molar-refractivity contribution in [1.29, 1.82) is 0 Å². The second kappa shape index (κ2) is 8.65. The fourth-order valence-electron chi connectivity index (χ4n) is 2.17. The van der Waals surface area contributed by atoms with Gasteiger partial charge < -0.3 is 14.8 Å². The van der Waals surface area contributed by atoms with Gasteiger partial charge in [-0.2, -0.15) is 18.2 Å². The van der Waals surface area contributed by atoms with Gasteiger partial charge in [-0.3, -0.25) is 9.36 Å². The van der Waals surface area contributed by atoms with Crippen molar-refractivity contribution >= 4 is 11.6 Å². The van der Waals surface area contributed by atoms with Crippen LogP contribution in [-0.2, 0) is 10.9 Å². The number of hydrogen-bond donors (Lipinski definition) is 1. The van der Waals surface area contributed by atoms with Gasteiger partial charge >= 0.3 is 6.18 Å². The highest BCUT2D eigenvalue weighted by Gasteiger charge is 2.32. The Labute approximate surface area is 162 Å². The predicted octanol–water partition coefficient (Wildman–Crippen LogP) is 2.35. The van der Waals surface area contributed by atoms with Crippen LogP contribution in [0.15, 0.2) is 43.1 Å². The zero-order chi connectivity index (χ0) is 20.9. The molecule has 0 aliphatic carbocycles. The fraction of sp³-hybridized carbons (Fsp3) is 0.235. The number of ether oxygens (including phenoxy) is 2. The molecular weight excluding hydrogens is 393 g/mol. The Bertz CT molecular complexity index is 962. The fourth-order valence-corrected chi connectivity index (χ4v) is 2.17. The Hall–Kier alpha value is -3.54. The van der Waals surface area contributed by atoms with Crippen molar-refractivity contribution in [2.45, 2.75) is 6.18 Å². The van der Waals surface area contributed by atoms with Crippen LogP contribution in [0.4, 0.5) is 18.9 Å². The third-order valence-corrected chi connectivity index (χ3v) is 3.51. The third-order valence-electron chi connectivity index (χ3n) is 3.51. The molecule has 12 heteroatoms. The van der Waals surface area contributed by atoms with Crippen molar-refractivity contribution in [1.82, 2.24) is 24.5 Å². The van der Waals surface area contributed by atoms with Crippen molar-refractivity contribution in [3.05, 3.63) is 54.6 Å². The van der Waals surface area contributed by atoms with E-state index in [0.29, 0.717) is 12.4 Å². The van der Waals surface area contributed by atoms with Crippen LogP contribution in [0.2, 0.25) is 0 Å². The van der Waals surface area contributed by atoms with Crippen LogP contribution >= 0.6 is 0 Å².